The van der Waals surface area contributed by atoms with Crippen LogP contribution in [0.25, 0.3) is 0 Å². The molecule has 1 atom stereocenters. The van der Waals surface area contributed by atoms with Crippen molar-refractivity contribution in [2.24, 2.45) is 0 Å². The van der Waals surface area contributed by atoms with Crippen LogP contribution in [0.1, 0.15) is 36.9 Å². The summed E-state index contributed by atoms with van der Waals surface area (Å²) in [5.41, 5.74) is 1.03. The summed E-state index contributed by atoms with van der Waals surface area (Å²) in [4.78, 5) is 26.9. The second kappa shape index (κ2) is 8.97. The van der Waals surface area contributed by atoms with Crippen molar-refractivity contribution >= 4 is 35.0 Å². The third kappa shape index (κ3) is 6.38. The van der Waals surface area contributed by atoms with Crippen LogP contribution in [0, 0.1) is 6.92 Å². The lowest BCUT2D eigenvalue weighted by molar-refractivity contribution is -0.142. The molecule has 1 heterocycles. The predicted molar refractivity (Wildman–Crippen MR) is 82.1 cm³/mol. The summed E-state index contributed by atoms with van der Waals surface area (Å²) >= 11 is 3.25. The van der Waals surface area contributed by atoms with E-state index in [4.69, 9.17) is 5.11 Å². The Labute approximate surface area is 127 Å². The summed E-state index contributed by atoms with van der Waals surface area (Å²) in [7, 11) is 0. The van der Waals surface area contributed by atoms with Crippen molar-refractivity contribution in [1.82, 2.24) is 10.3 Å². The number of aryl methyl sites for hydroxylation is 1. The number of nitrogens with one attached hydrogen (secondary N) is 1. The molecule has 7 heteroatoms. The van der Waals surface area contributed by atoms with Crippen molar-refractivity contribution in [2.45, 2.75) is 44.9 Å². The maximum Gasteiger partial charge on any atom is 0.326 e. The second-order valence-corrected chi connectivity index (χ2v) is 6.57. The Hall–Kier alpha value is -1.08. The molecule has 5 nitrogen and oxygen atoms in total. The van der Waals surface area contributed by atoms with Crippen molar-refractivity contribution < 1.29 is 14.7 Å². The second-order valence-electron chi connectivity index (χ2n) is 4.41. The van der Waals surface area contributed by atoms with Crippen molar-refractivity contribution in [3.05, 3.63) is 16.1 Å². The van der Waals surface area contributed by atoms with E-state index in [0.717, 1.165) is 22.9 Å². The Bertz CT molecular complexity index is 449. The normalized spacial score (nSPS) is 12.1. The van der Waals surface area contributed by atoms with Crippen LogP contribution in [0.2, 0.25) is 0 Å². The summed E-state index contributed by atoms with van der Waals surface area (Å²) < 4.78 is 0. The number of carbonyl (C=O) groups excluding carboxylic acids is 1. The summed E-state index contributed by atoms with van der Waals surface area (Å²) in [6, 6.07) is -0.765. The number of carboxylic acid groups (broad SMARTS) is 1. The molecule has 0 unspecified atom stereocenters. The van der Waals surface area contributed by atoms with E-state index in [-0.39, 0.29) is 5.91 Å². The molecule has 0 aliphatic heterocycles. The molecule has 1 rings (SSSR count). The number of aliphatic carboxylic acids is 1. The van der Waals surface area contributed by atoms with Crippen LogP contribution < -0.4 is 5.32 Å². The number of nitrogens with zero attached hydrogens (tertiary/aromatic N) is 1. The average Bonchev–Trinajstić information content (AvgIpc) is 2.80. The zero-order valence-electron chi connectivity index (χ0n) is 11.7. The van der Waals surface area contributed by atoms with Crippen LogP contribution >= 0.6 is 23.1 Å². The van der Waals surface area contributed by atoms with E-state index in [1.54, 1.807) is 23.1 Å². The number of carbonyl (C=O) groups is 2. The molecule has 0 aliphatic rings. The number of aromatic nitrogens is 1. The van der Waals surface area contributed by atoms with E-state index in [0.29, 0.717) is 18.6 Å². The van der Waals surface area contributed by atoms with Gasteiger partial charge in [0.2, 0.25) is 5.91 Å². The Morgan fingerprint density at radius 1 is 1.55 bits per heavy atom. The number of thioether (sulfide) groups is 1. The van der Waals surface area contributed by atoms with Crippen molar-refractivity contribution in [3.8, 4) is 0 Å². The van der Waals surface area contributed by atoms with Gasteiger partial charge in [0, 0.05) is 23.3 Å². The van der Waals surface area contributed by atoms with E-state index in [1.165, 1.54) is 0 Å². The highest BCUT2D eigenvalue weighted by Gasteiger charge is 2.18. The first-order valence-electron chi connectivity index (χ1n) is 6.53. The topological polar surface area (TPSA) is 79.3 Å². The number of carboxylic acids is 1. The maximum atomic E-state index is 11.6. The zero-order valence-corrected chi connectivity index (χ0v) is 13.4. The molecule has 0 saturated carbocycles. The molecule has 0 spiro atoms. The van der Waals surface area contributed by atoms with E-state index >= 15 is 0 Å². The van der Waals surface area contributed by atoms with Gasteiger partial charge in [-0.2, -0.15) is 11.8 Å². The standard InChI is InChI=1S/C13H20N2O3S2/c1-3-4-11(13(17)18)15-12(16)5-6-19-7-10-8-20-9(2)14-10/h8,11H,3-7H2,1-2H3,(H,15,16)(H,17,18)/t11-/m1/s1. The molecule has 0 saturated heterocycles. The molecular weight excluding hydrogens is 296 g/mol. The van der Waals surface area contributed by atoms with Crippen molar-refractivity contribution in [2.75, 3.05) is 5.75 Å². The highest BCUT2D eigenvalue weighted by atomic mass is 32.2. The molecule has 1 amide bonds. The van der Waals surface area contributed by atoms with Crippen LogP contribution in [-0.4, -0.2) is 33.8 Å². The maximum absolute atomic E-state index is 11.6. The van der Waals surface area contributed by atoms with E-state index in [1.807, 2.05) is 19.2 Å². The summed E-state index contributed by atoms with van der Waals surface area (Å²) in [5, 5.41) is 14.6. The van der Waals surface area contributed by atoms with Crippen LogP contribution in [0.4, 0.5) is 0 Å². The molecule has 0 bridgehead atoms. The largest absolute Gasteiger partial charge is 0.480 e. The number of rotatable bonds is 9. The average molecular weight is 316 g/mol. The first kappa shape index (κ1) is 17.0. The molecule has 0 fully saturated rings. The molecular formula is C13H20N2O3S2. The van der Waals surface area contributed by atoms with Gasteiger partial charge in [0.15, 0.2) is 0 Å². The number of thiazole rings is 1. The summed E-state index contributed by atoms with van der Waals surface area (Å²) in [6.07, 6.45) is 1.53. The molecule has 112 valence electrons. The monoisotopic (exact) mass is 316 g/mol. The van der Waals surface area contributed by atoms with Crippen LogP contribution in [0.3, 0.4) is 0 Å². The minimum Gasteiger partial charge on any atom is -0.480 e. The van der Waals surface area contributed by atoms with E-state index in [2.05, 4.69) is 10.3 Å². The Morgan fingerprint density at radius 2 is 2.30 bits per heavy atom. The fourth-order valence-electron chi connectivity index (χ4n) is 1.63. The minimum absolute atomic E-state index is 0.201. The predicted octanol–water partition coefficient (Wildman–Crippen LogP) is 2.44. The SMILES string of the molecule is CCC[C@@H](NC(=O)CCSCc1csc(C)n1)C(=O)O. The third-order valence-corrected chi connectivity index (χ3v) is 4.42. The summed E-state index contributed by atoms with van der Waals surface area (Å²) in [5.74, 6) is 0.286. The van der Waals surface area contributed by atoms with Crippen molar-refractivity contribution in [1.29, 1.82) is 0 Å². The number of amides is 1. The smallest absolute Gasteiger partial charge is 0.326 e. The molecule has 0 aliphatic carbocycles. The quantitative estimate of drug-likeness (QED) is 0.684. The van der Waals surface area contributed by atoms with E-state index in [9.17, 15) is 9.59 Å². The third-order valence-electron chi connectivity index (χ3n) is 2.60. The van der Waals surface area contributed by atoms with Gasteiger partial charge in [-0.3, -0.25) is 4.79 Å². The van der Waals surface area contributed by atoms with Crippen LogP contribution in [0.15, 0.2) is 5.38 Å². The van der Waals surface area contributed by atoms with Gasteiger partial charge in [0.25, 0.3) is 0 Å². The number of hydrogen-bond acceptors (Lipinski definition) is 5. The summed E-state index contributed by atoms with van der Waals surface area (Å²) in [6.45, 7) is 3.86. The first-order chi connectivity index (χ1) is 9.52. The molecule has 20 heavy (non-hydrogen) atoms. The lowest BCUT2D eigenvalue weighted by Gasteiger charge is -2.13. The molecule has 1 aromatic rings. The minimum atomic E-state index is -0.967. The molecule has 2 N–H and O–H groups in total. The fourth-order valence-corrected chi connectivity index (χ4v) is 3.18. The van der Waals surface area contributed by atoms with Gasteiger partial charge in [-0.1, -0.05) is 13.3 Å². The lowest BCUT2D eigenvalue weighted by atomic mass is 10.1. The zero-order chi connectivity index (χ0) is 15.0. The van der Waals surface area contributed by atoms with Gasteiger partial charge in [0.1, 0.15) is 6.04 Å². The highest BCUT2D eigenvalue weighted by Crippen LogP contribution is 2.15. The Kier molecular flexibility index (Phi) is 7.61. The van der Waals surface area contributed by atoms with Gasteiger partial charge >= 0.3 is 5.97 Å². The van der Waals surface area contributed by atoms with Crippen molar-refractivity contribution in [3.63, 3.8) is 0 Å². The fraction of sp³-hybridized carbons (Fsp3) is 0.615. The molecule has 0 radical (unpaired) electrons. The van der Waals surface area contributed by atoms with Gasteiger partial charge < -0.3 is 10.4 Å². The highest BCUT2D eigenvalue weighted by molar-refractivity contribution is 7.98. The molecule has 0 aromatic carbocycles. The van der Waals surface area contributed by atoms with Crippen LogP contribution in [-0.2, 0) is 15.3 Å². The van der Waals surface area contributed by atoms with Crippen LogP contribution in [0.5, 0.6) is 0 Å². The Morgan fingerprint density at radius 3 is 2.85 bits per heavy atom. The first-order valence-corrected chi connectivity index (χ1v) is 8.57. The van der Waals surface area contributed by atoms with Gasteiger partial charge in [0.05, 0.1) is 10.7 Å². The van der Waals surface area contributed by atoms with E-state index < -0.39 is 12.0 Å². The van der Waals surface area contributed by atoms with Gasteiger partial charge in [-0.05, 0) is 13.3 Å². The molecule has 1 aromatic heterocycles. The Balaban J connectivity index is 2.20. The number of hydrogen-bond donors (Lipinski definition) is 2. The van der Waals surface area contributed by atoms with Gasteiger partial charge in [-0.25, -0.2) is 9.78 Å². The lowest BCUT2D eigenvalue weighted by Crippen LogP contribution is -2.40. The van der Waals surface area contributed by atoms with Gasteiger partial charge in [-0.15, -0.1) is 11.3 Å².